The van der Waals surface area contributed by atoms with E-state index in [4.69, 9.17) is 14.0 Å². The summed E-state index contributed by atoms with van der Waals surface area (Å²) in [5.74, 6) is 0. The van der Waals surface area contributed by atoms with E-state index >= 15 is 0 Å². The minimum atomic E-state index is -4.01. The molecule has 31 heavy (non-hydrogen) atoms. The van der Waals surface area contributed by atoms with Crippen LogP contribution in [-0.4, -0.2) is 70.9 Å². The first kappa shape index (κ1) is 23.6. The van der Waals surface area contributed by atoms with Crippen molar-refractivity contribution in [2.75, 3.05) is 32.8 Å². The first-order chi connectivity index (χ1) is 14.5. The van der Waals surface area contributed by atoms with Crippen molar-refractivity contribution in [3.05, 3.63) is 35.9 Å². The molecule has 2 aliphatic heterocycles. The summed E-state index contributed by atoms with van der Waals surface area (Å²) in [6.45, 7) is 7.84. The molecule has 0 bridgehead atoms. The van der Waals surface area contributed by atoms with E-state index in [1.807, 2.05) is 30.3 Å². The molecule has 2 atom stereocenters. The number of nitrogens with zero attached hydrogens (tertiary/aromatic N) is 2. The predicted octanol–water partition coefficient (Wildman–Crippen LogP) is 3.47. The van der Waals surface area contributed by atoms with Gasteiger partial charge in [-0.3, -0.25) is 4.57 Å². The van der Waals surface area contributed by atoms with E-state index in [1.54, 1.807) is 27.7 Å². The van der Waals surface area contributed by atoms with Crippen LogP contribution >= 0.6 is 7.60 Å². The zero-order chi connectivity index (χ0) is 22.9. The Balaban J connectivity index is 1.69. The lowest BCUT2D eigenvalue weighted by Crippen LogP contribution is -2.64. The van der Waals surface area contributed by atoms with Crippen molar-refractivity contribution < 1.29 is 33.0 Å². The number of hydrogen-bond donors (Lipinski definition) is 1. The van der Waals surface area contributed by atoms with Crippen LogP contribution in [-0.2, 0) is 25.2 Å². The Morgan fingerprint density at radius 1 is 1.13 bits per heavy atom. The van der Waals surface area contributed by atoms with Gasteiger partial charge in [0.05, 0.1) is 12.3 Å². The summed E-state index contributed by atoms with van der Waals surface area (Å²) in [5.41, 5.74) is -1.33. The van der Waals surface area contributed by atoms with Crippen LogP contribution in [0.15, 0.2) is 30.3 Å². The average molecular weight is 454 g/mol. The topological polar surface area (TPSA) is 106 Å². The molecule has 172 valence electrons. The lowest BCUT2D eigenvalue weighted by molar-refractivity contribution is -0.0312. The molecular formula is C21H31N2O7P. The second-order valence-corrected chi connectivity index (χ2v) is 11.1. The summed E-state index contributed by atoms with van der Waals surface area (Å²) in [7, 11) is -4.01. The first-order valence-electron chi connectivity index (χ1n) is 10.4. The van der Waals surface area contributed by atoms with Crippen LogP contribution in [0.1, 0.15) is 33.3 Å². The van der Waals surface area contributed by atoms with Gasteiger partial charge in [-0.1, -0.05) is 30.3 Å². The second-order valence-electron chi connectivity index (χ2n) is 9.12. The van der Waals surface area contributed by atoms with Crippen LogP contribution in [0, 0.1) is 5.41 Å². The Morgan fingerprint density at radius 3 is 2.32 bits per heavy atom. The summed E-state index contributed by atoms with van der Waals surface area (Å²) < 4.78 is 28.9. The van der Waals surface area contributed by atoms with Crippen LogP contribution < -0.4 is 0 Å². The van der Waals surface area contributed by atoms with E-state index in [-0.39, 0.29) is 39.4 Å². The molecular weight excluding hydrogens is 423 g/mol. The Morgan fingerprint density at radius 2 is 1.74 bits per heavy atom. The lowest BCUT2D eigenvalue weighted by Gasteiger charge is -2.50. The van der Waals surface area contributed by atoms with Crippen LogP contribution in [0.2, 0.25) is 0 Å². The van der Waals surface area contributed by atoms with E-state index in [9.17, 15) is 19.0 Å². The highest BCUT2D eigenvalue weighted by atomic mass is 31.2. The van der Waals surface area contributed by atoms with E-state index in [2.05, 4.69) is 0 Å². The zero-order valence-corrected chi connectivity index (χ0v) is 19.3. The fourth-order valence-electron chi connectivity index (χ4n) is 4.11. The quantitative estimate of drug-likeness (QED) is 0.679. The second kappa shape index (κ2) is 8.81. The number of ether oxygens (including phenoxy) is 2. The van der Waals surface area contributed by atoms with Crippen molar-refractivity contribution in [2.24, 2.45) is 5.41 Å². The molecule has 1 N–H and O–H groups in total. The van der Waals surface area contributed by atoms with Gasteiger partial charge >= 0.3 is 19.8 Å². The zero-order valence-electron chi connectivity index (χ0n) is 18.4. The minimum Gasteiger partial charge on any atom is -0.445 e. The molecule has 2 saturated heterocycles. The number of amides is 2. The van der Waals surface area contributed by atoms with E-state index in [0.717, 1.165) is 5.56 Å². The molecule has 3 rings (SSSR count). The van der Waals surface area contributed by atoms with Gasteiger partial charge in [-0.2, -0.15) is 0 Å². The highest BCUT2D eigenvalue weighted by Gasteiger charge is 2.63. The maximum absolute atomic E-state index is 12.9. The number of carbonyl (C=O) groups excluding carboxylic acids is 2. The van der Waals surface area contributed by atoms with E-state index in [1.165, 1.54) is 9.80 Å². The molecule has 2 aliphatic rings. The monoisotopic (exact) mass is 454 g/mol. The molecule has 2 amide bonds. The van der Waals surface area contributed by atoms with Gasteiger partial charge in [-0.25, -0.2) is 9.59 Å². The molecule has 2 fully saturated rings. The lowest BCUT2D eigenvalue weighted by atomic mass is 9.79. The number of rotatable bonds is 5. The smallest absolute Gasteiger partial charge is 0.410 e. The Labute approximate surface area is 182 Å². The van der Waals surface area contributed by atoms with Crippen molar-refractivity contribution in [2.45, 2.75) is 45.6 Å². The fourth-order valence-corrected chi connectivity index (χ4v) is 6.00. The Bertz CT molecular complexity index is 849. The third kappa shape index (κ3) is 5.40. The van der Waals surface area contributed by atoms with Crippen molar-refractivity contribution in [3.63, 3.8) is 0 Å². The number of likely N-dealkylation sites (tertiary alicyclic amines) is 2. The van der Waals surface area contributed by atoms with Crippen molar-refractivity contribution in [1.29, 1.82) is 0 Å². The van der Waals surface area contributed by atoms with Crippen LogP contribution in [0.4, 0.5) is 9.59 Å². The maximum atomic E-state index is 12.9. The van der Waals surface area contributed by atoms with E-state index < -0.39 is 36.5 Å². The molecule has 2 heterocycles. The summed E-state index contributed by atoms with van der Waals surface area (Å²) in [5, 5.41) is 0. The van der Waals surface area contributed by atoms with Crippen LogP contribution in [0.5, 0.6) is 0 Å². The van der Waals surface area contributed by atoms with Crippen molar-refractivity contribution >= 4 is 19.8 Å². The Hall–Kier alpha value is -2.09. The van der Waals surface area contributed by atoms with Crippen LogP contribution in [0.25, 0.3) is 0 Å². The minimum absolute atomic E-state index is 0.0313. The SMILES string of the molecule is CCOP(=O)(O)C1CN(C(=O)OCc2ccccc2)CC12CN(C(=O)OC(C)(C)C)C2. The van der Waals surface area contributed by atoms with Gasteiger partial charge in [0.2, 0.25) is 0 Å². The van der Waals surface area contributed by atoms with E-state index in [0.29, 0.717) is 0 Å². The highest BCUT2D eigenvalue weighted by Crippen LogP contribution is 2.60. The molecule has 1 spiro atoms. The third-order valence-corrected chi connectivity index (χ3v) is 7.57. The molecule has 1 aromatic rings. The molecule has 1 aromatic carbocycles. The largest absolute Gasteiger partial charge is 0.445 e. The van der Waals surface area contributed by atoms with Gasteiger partial charge in [0, 0.05) is 31.6 Å². The first-order valence-corrected chi connectivity index (χ1v) is 12.0. The summed E-state index contributed by atoms with van der Waals surface area (Å²) >= 11 is 0. The standard InChI is InChI=1S/C21H31N2O7P/c1-5-29-31(26,27)17-11-22(18(24)28-12-16-9-7-6-8-10-16)13-21(17)14-23(15-21)19(25)30-20(2,3)4/h6-10,17H,5,11-15H2,1-4H3,(H,26,27). The molecule has 0 radical (unpaired) electrons. The van der Waals surface area contributed by atoms with Gasteiger partial charge in [-0.05, 0) is 33.3 Å². The summed E-state index contributed by atoms with van der Waals surface area (Å²) in [6.07, 6.45) is -1.04. The molecule has 9 nitrogen and oxygen atoms in total. The van der Waals surface area contributed by atoms with Gasteiger partial charge in [0.15, 0.2) is 0 Å². The molecule has 0 saturated carbocycles. The third-order valence-electron chi connectivity index (χ3n) is 5.44. The average Bonchev–Trinajstić information content (AvgIpc) is 3.06. The highest BCUT2D eigenvalue weighted by molar-refractivity contribution is 7.53. The normalized spacial score (nSPS) is 22.0. The number of benzene rings is 1. The van der Waals surface area contributed by atoms with Crippen LogP contribution in [0.3, 0.4) is 0 Å². The number of hydrogen-bond acceptors (Lipinski definition) is 6. The van der Waals surface area contributed by atoms with Gasteiger partial charge in [0.25, 0.3) is 0 Å². The maximum Gasteiger partial charge on any atom is 0.410 e. The summed E-state index contributed by atoms with van der Waals surface area (Å²) in [6, 6.07) is 9.29. The van der Waals surface area contributed by atoms with Gasteiger partial charge < -0.3 is 28.7 Å². The fraction of sp³-hybridized carbons (Fsp3) is 0.619. The Kier molecular flexibility index (Phi) is 6.69. The molecule has 0 aliphatic carbocycles. The molecule has 10 heteroatoms. The van der Waals surface area contributed by atoms with Gasteiger partial charge in [0.1, 0.15) is 12.2 Å². The molecule has 0 aromatic heterocycles. The van der Waals surface area contributed by atoms with Crippen molar-refractivity contribution in [3.8, 4) is 0 Å². The number of carbonyl (C=O) groups is 2. The molecule has 2 unspecified atom stereocenters. The van der Waals surface area contributed by atoms with Gasteiger partial charge in [-0.15, -0.1) is 0 Å². The van der Waals surface area contributed by atoms with Crippen molar-refractivity contribution in [1.82, 2.24) is 9.80 Å². The predicted molar refractivity (Wildman–Crippen MR) is 114 cm³/mol. The summed E-state index contributed by atoms with van der Waals surface area (Å²) in [4.78, 5) is 38.5.